The maximum atomic E-state index is 9.36. The van der Waals surface area contributed by atoms with Gasteiger partial charge >= 0.3 is 0 Å². The predicted molar refractivity (Wildman–Crippen MR) is 36.0 cm³/mol. The summed E-state index contributed by atoms with van der Waals surface area (Å²) in [6, 6.07) is 0. The van der Waals surface area contributed by atoms with Crippen LogP contribution in [0.15, 0.2) is 11.6 Å². The topological polar surface area (TPSA) is 20.2 Å². The molecular weight excluding hydrogens is 112 g/mol. The summed E-state index contributed by atoms with van der Waals surface area (Å²) in [5, 5.41) is 9.36. The van der Waals surface area contributed by atoms with E-state index in [1.54, 1.807) is 0 Å². The van der Waals surface area contributed by atoms with Crippen LogP contribution < -0.4 is 0 Å². The van der Waals surface area contributed by atoms with Gasteiger partial charge in [-0.1, -0.05) is 11.6 Å². The zero-order chi connectivity index (χ0) is 6.27. The maximum Gasteiger partial charge on any atom is 0.0608 e. The molecule has 2 unspecified atom stereocenters. The third-order valence-electron chi connectivity index (χ3n) is 2.55. The molecular formula is C8H12O. The Morgan fingerprint density at radius 2 is 2.33 bits per heavy atom. The van der Waals surface area contributed by atoms with Crippen molar-refractivity contribution < 1.29 is 5.11 Å². The van der Waals surface area contributed by atoms with E-state index in [4.69, 9.17) is 0 Å². The Balaban J connectivity index is 2.20. The molecule has 0 aromatic carbocycles. The summed E-state index contributed by atoms with van der Waals surface area (Å²) in [7, 11) is 0. The normalized spacial score (nSPS) is 40.8. The minimum absolute atomic E-state index is 0.00116. The van der Waals surface area contributed by atoms with E-state index >= 15 is 0 Å². The third kappa shape index (κ3) is 0.715. The summed E-state index contributed by atoms with van der Waals surface area (Å²) in [5.74, 6) is 0.560. The molecule has 2 aliphatic rings. The fraction of sp³-hybridized carbons (Fsp3) is 0.750. The minimum Gasteiger partial charge on any atom is -0.392 e. The summed E-state index contributed by atoms with van der Waals surface area (Å²) in [5.41, 5.74) is 1.53. The standard InChI is InChI=1S/C8H12O/c9-8-5-4-6-2-1-3-7(6)8/h2,7-9H,1,3-5H2. The van der Waals surface area contributed by atoms with E-state index in [9.17, 15) is 5.11 Å². The summed E-state index contributed by atoms with van der Waals surface area (Å²) in [6.45, 7) is 0. The van der Waals surface area contributed by atoms with Crippen LogP contribution >= 0.6 is 0 Å². The van der Waals surface area contributed by atoms with Gasteiger partial charge in [0, 0.05) is 5.92 Å². The smallest absolute Gasteiger partial charge is 0.0608 e. The highest BCUT2D eigenvalue weighted by Gasteiger charge is 2.31. The van der Waals surface area contributed by atoms with Crippen molar-refractivity contribution in [3.63, 3.8) is 0 Å². The van der Waals surface area contributed by atoms with Gasteiger partial charge in [-0.05, 0) is 25.7 Å². The Labute approximate surface area is 55.4 Å². The molecule has 1 saturated carbocycles. The van der Waals surface area contributed by atoms with Crippen LogP contribution in [0.4, 0.5) is 0 Å². The van der Waals surface area contributed by atoms with Gasteiger partial charge in [0.1, 0.15) is 0 Å². The molecule has 2 atom stereocenters. The number of fused-ring (bicyclic) bond motifs is 1. The van der Waals surface area contributed by atoms with E-state index < -0.39 is 0 Å². The Bertz CT molecular complexity index is 149. The first-order chi connectivity index (χ1) is 4.38. The van der Waals surface area contributed by atoms with Crippen LogP contribution in [-0.2, 0) is 0 Å². The number of aliphatic hydroxyl groups excluding tert-OH is 1. The lowest BCUT2D eigenvalue weighted by Gasteiger charge is -2.08. The molecule has 9 heavy (non-hydrogen) atoms. The van der Waals surface area contributed by atoms with Crippen molar-refractivity contribution >= 4 is 0 Å². The largest absolute Gasteiger partial charge is 0.392 e. The van der Waals surface area contributed by atoms with Crippen molar-refractivity contribution in [2.24, 2.45) is 5.92 Å². The van der Waals surface area contributed by atoms with E-state index in [0.717, 1.165) is 12.8 Å². The average molecular weight is 124 g/mol. The fourth-order valence-corrected chi connectivity index (χ4v) is 2.03. The first-order valence-corrected chi connectivity index (χ1v) is 3.75. The fourth-order valence-electron chi connectivity index (χ4n) is 2.03. The maximum absolute atomic E-state index is 9.36. The van der Waals surface area contributed by atoms with Crippen LogP contribution in [0.2, 0.25) is 0 Å². The molecule has 0 aliphatic heterocycles. The van der Waals surface area contributed by atoms with Gasteiger partial charge in [0.15, 0.2) is 0 Å². The molecule has 0 amide bonds. The molecule has 1 N–H and O–H groups in total. The molecule has 0 saturated heterocycles. The van der Waals surface area contributed by atoms with Gasteiger partial charge < -0.3 is 5.11 Å². The van der Waals surface area contributed by atoms with Crippen LogP contribution in [0, 0.1) is 5.92 Å². The molecule has 2 aliphatic carbocycles. The molecule has 0 radical (unpaired) electrons. The molecule has 0 bridgehead atoms. The number of aliphatic hydroxyl groups is 1. The molecule has 1 nitrogen and oxygen atoms in total. The van der Waals surface area contributed by atoms with Gasteiger partial charge in [-0.2, -0.15) is 0 Å². The van der Waals surface area contributed by atoms with Gasteiger partial charge in [0.2, 0.25) is 0 Å². The molecule has 0 spiro atoms. The monoisotopic (exact) mass is 124 g/mol. The van der Waals surface area contributed by atoms with E-state index in [1.165, 1.54) is 18.4 Å². The lowest BCUT2D eigenvalue weighted by atomic mass is 10.0. The first kappa shape index (κ1) is 5.48. The second-order valence-electron chi connectivity index (χ2n) is 3.07. The highest BCUT2D eigenvalue weighted by molar-refractivity contribution is 5.18. The molecule has 0 heterocycles. The van der Waals surface area contributed by atoms with Crippen LogP contribution in [-0.4, -0.2) is 11.2 Å². The molecule has 0 aromatic rings. The number of allylic oxidation sites excluding steroid dienone is 1. The van der Waals surface area contributed by atoms with Crippen molar-refractivity contribution in [1.29, 1.82) is 0 Å². The minimum atomic E-state index is -0.00116. The van der Waals surface area contributed by atoms with E-state index in [2.05, 4.69) is 6.08 Å². The SMILES string of the molecule is OC1CCC2=CCCC21. The van der Waals surface area contributed by atoms with E-state index in [1.807, 2.05) is 0 Å². The second kappa shape index (κ2) is 1.84. The number of hydrogen-bond donors (Lipinski definition) is 1. The zero-order valence-corrected chi connectivity index (χ0v) is 5.51. The predicted octanol–water partition coefficient (Wildman–Crippen LogP) is 1.48. The third-order valence-corrected chi connectivity index (χ3v) is 2.55. The van der Waals surface area contributed by atoms with Crippen LogP contribution in [0.5, 0.6) is 0 Å². The lowest BCUT2D eigenvalue weighted by Crippen LogP contribution is -2.10. The Morgan fingerprint density at radius 1 is 1.44 bits per heavy atom. The number of hydrogen-bond acceptors (Lipinski definition) is 1. The quantitative estimate of drug-likeness (QED) is 0.485. The molecule has 0 aromatic heterocycles. The highest BCUT2D eigenvalue weighted by Crippen LogP contribution is 2.39. The highest BCUT2D eigenvalue weighted by atomic mass is 16.3. The van der Waals surface area contributed by atoms with Crippen molar-refractivity contribution in [1.82, 2.24) is 0 Å². The average Bonchev–Trinajstić information content (AvgIpc) is 2.35. The van der Waals surface area contributed by atoms with Gasteiger partial charge in [-0.15, -0.1) is 0 Å². The summed E-state index contributed by atoms with van der Waals surface area (Å²) >= 11 is 0. The van der Waals surface area contributed by atoms with Crippen molar-refractivity contribution in [3.05, 3.63) is 11.6 Å². The van der Waals surface area contributed by atoms with E-state index in [-0.39, 0.29) is 6.10 Å². The van der Waals surface area contributed by atoms with Crippen molar-refractivity contribution in [2.45, 2.75) is 31.8 Å². The molecule has 50 valence electrons. The summed E-state index contributed by atoms with van der Waals surface area (Å²) in [6.07, 6.45) is 6.88. The lowest BCUT2D eigenvalue weighted by molar-refractivity contribution is 0.140. The van der Waals surface area contributed by atoms with Gasteiger partial charge in [-0.25, -0.2) is 0 Å². The van der Waals surface area contributed by atoms with E-state index in [0.29, 0.717) is 5.92 Å². The molecule has 1 heteroatoms. The Morgan fingerprint density at radius 3 is 3.11 bits per heavy atom. The van der Waals surface area contributed by atoms with Crippen molar-refractivity contribution in [3.8, 4) is 0 Å². The summed E-state index contributed by atoms with van der Waals surface area (Å²) in [4.78, 5) is 0. The Hall–Kier alpha value is -0.300. The number of rotatable bonds is 0. The van der Waals surface area contributed by atoms with Crippen LogP contribution in [0.3, 0.4) is 0 Å². The van der Waals surface area contributed by atoms with Crippen LogP contribution in [0.1, 0.15) is 25.7 Å². The van der Waals surface area contributed by atoms with Gasteiger partial charge in [0.05, 0.1) is 6.10 Å². The first-order valence-electron chi connectivity index (χ1n) is 3.75. The van der Waals surface area contributed by atoms with Crippen LogP contribution in [0.25, 0.3) is 0 Å². The zero-order valence-electron chi connectivity index (χ0n) is 5.51. The van der Waals surface area contributed by atoms with Gasteiger partial charge in [0.25, 0.3) is 0 Å². The van der Waals surface area contributed by atoms with Crippen molar-refractivity contribution in [2.75, 3.05) is 0 Å². The second-order valence-corrected chi connectivity index (χ2v) is 3.07. The van der Waals surface area contributed by atoms with Gasteiger partial charge in [-0.3, -0.25) is 0 Å². The summed E-state index contributed by atoms with van der Waals surface area (Å²) < 4.78 is 0. The Kier molecular flexibility index (Phi) is 1.12. The molecule has 2 rings (SSSR count). The molecule has 1 fully saturated rings.